The summed E-state index contributed by atoms with van der Waals surface area (Å²) >= 11 is 0. The van der Waals surface area contributed by atoms with Crippen molar-refractivity contribution in [1.82, 2.24) is 14.7 Å². The second kappa shape index (κ2) is 6.12. The molecule has 2 heterocycles. The van der Waals surface area contributed by atoms with Crippen molar-refractivity contribution in [1.29, 1.82) is 0 Å². The van der Waals surface area contributed by atoms with Crippen molar-refractivity contribution in [3.63, 3.8) is 0 Å². The van der Waals surface area contributed by atoms with Gasteiger partial charge in [-0.25, -0.2) is 9.53 Å². The van der Waals surface area contributed by atoms with E-state index in [9.17, 15) is 18.0 Å². The first kappa shape index (κ1) is 17.6. The van der Waals surface area contributed by atoms with E-state index in [2.05, 4.69) is 9.94 Å². The maximum atomic E-state index is 13.0. The number of aromatic nitrogens is 2. The summed E-state index contributed by atoms with van der Waals surface area (Å²) in [4.78, 5) is 18.1. The number of alkyl halides is 3. The predicted molar refractivity (Wildman–Crippen MR) is 91.6 cm³/mol. The van der Waals surface area contributed by atoms with Crippen LogP contribution < -0.4 is 0 Å². The van der Waals surface area contributed by atoms with Crippen molar-refractivity contribution in [2.24, 2.45) is 5.41 Å². The van der Waals surface area contributed by atoms with Gasteiger partial charge in [-0.05, 0) is 43.2 Å². The quantitative estimate of drug-likeness (QED) is 0.729. The van der Waals surface area contributed by atoms with Gasteiger partial charge in [0.25, 0.3) is 5.91 Å². The maximum absolute atomic E-state index is 13.0. The van der Waals surface area contributed by atoms with Crippen LogP contribution in [0.25, 0.3) is 10.5 Å². The average molecular weight is 374 g/mol. The van der Waals surface area contributed by atoms with Gasteiger partial charge in [0.05, 0.1) is 17.8 Å². The molecule has 1 aromatic heterocycles. The number of halogens is 3. The molecule has 8 heteroatoms. The van der Waals surface area contributed by atoms with E-state index in [0.29, 0.717) is 18.5 Å². The van der Waals surface area contributed by atoms with E-state index >= 15 is 0 Å². The van der Waals surface area contributed by atoms with Crippen LogP contribution >= 0.6 is 0 Å². The summed E-state index contributed by atoms with van der Waals surface area (Å²) in [5.74, 6) is -0.235. The first-order valence-electron chi connectivity index (χ1n) is 8.75. The molecule has 1 aromatic carbocycles. The highest BCUT2D eigenvalue weighted by atomic mass is 19.4. The molecule has 27 heavy (non-hydrogen) atoms. The van der Waals surface area contributed by atoms with Crippen molar-refractivity contribution in [3.8, 4) is 5.69 Å². The van der Waals surface area contributed by atoms with E-state index in [1.165, 1.54) is 31.0 Å². The zero-order valence-corrected chi connectivity index (χ0v) is 14.5. The molecule has 0 N–H and O–H groups in total. The number of rotatable bonds is 2. The van der Waals surface area contributed by atoms with Crippen molar-refractivity contribution in [2.45, 2.75) is 31.9 Å². The van der Waals surface area contributed by atoms with E-state index < -0.39 is 11.9 Å². The van der Waals surface area contributed by atoms with Gasteiger partial charge in [0.2, 0.25) is 0 Å². The van der Waals surface area contributed by atoms with E-state index in [4.69, 9.17) is 6.57 Å². The lowest BCUT2D eigenvalue weighted by molar-refractivity contribution is -0.141. The molecule has 0 bridgehead atoms. The van der Waals surface area contributed by atoms with Gasteiger partial charge in [-0.2, -0.15) is 18.3 Å². The second-order valence-corrected chi connectivity index (χ2v) is 7.25. The molecule has 0 radical (unpaired) electrons. The fraction of sp³-hybridized carbons (Fsp3) is 0.421. The van der Waals surface area contributed by atoms with Gasteiger partial charge in [-0.1, -0.05) is 12.1 Å². The van der Waals surface area contributed by atoms with Gasteiger partial charge in [-0.15, -0.1) is 0 Å². The number of amides is 1. The molecule has 1 amide bonds. The highest BCUT2D eigenvalue weighted by Crippen LogP contribution is 2.53. The van der Waals surface area contributed by atoms with Crippen molar-refractivity contribution < 1.29 is 18.0 Å². The van der Waals surface area contributed by atoms with Crippen LogP contribution in [0.1, 0.15) is 41.7 Å². The summed E-state index contributed by atoms with van der Waals surface area (Å²) in [6, 6.07) is 5.27. The van der Waals surface area contributed by atoms with Gasteiger partial charge in [-0.3, -0.25) is 4.79 Å². The van der Waals surface area contributed by atoms with Crippen LogP contribution in [0.5, 0.6) is 0 Å². The number of likely N-dealkylation sites (tertiary alicyclic amines) is 1. The lowest BCUT2D eigenvalue weighted by atomic mass is 9.93. The van der Waals surface area contributed by atoms with Crippen molar-refractivity contribution in [2.75, 3.05) is 13.1 Å². The minimum atomic E-state index is -4.57. The third-order valence-electron chi connectivity index (χ3n) is 5.54. The highest BCUT2D eigenvalue weighted by molar-refractivity contribution is 5.98. The van der Waals surface area contributed by atoms with Crippen LogP contribution in [0, 0.1) is 12.0 Å². The van der Waals surface area contributed by atoms with Crippen LogP contribution in [0.3, 0.4) is 0 Å². The number of benzene rings is 1. The minimum absolute atomic E-state index is 0.190. The Hall–Kier alpha value is -2.82. The van der Waals surface area contributed by atoms with Gasteiger partial charge in [0, 0.05) is 19.3 Å². The van der Waals surface area contributed by atoms with Crippen molar-refractivity contribution in [3.05, 3.63) is 53.1 Å². The third kappa shape index (κ3) is 3.29. The van der Waals surface area contributed by atoms with Crippen LogP contribution in [-0.2, 0) is 6.18 Å². The number of carbonyl (C=O) groups is 1. The van der Waals surface area contributed by atoms with Crippen LogP contribution in [0.15, 0.2) is 30.5 Å². The number of nitrogens with zero attached hydrogens (tertiary/aromatic N) is 4. The van der Waals surface area contributed by atoms with Gasteiger partial charge < -0.3 is 4.90 Å². The topological polar surface area (TPSA) is 42.5 Å². The molecule has 0 atom stereocenters. The Balaban J connectivity index is 1.67. The molecule has 5 nitrogen and oxygen atoms in total. The van der Waals surface area contributed by atoms with E-state index in [-0.39, 0.29) is 22.8 Å². The summed E-state index contributed by atoms with van der Waals surface area (Å²) in [6.45, 7) is 8.45. The first-order valence-corrected chi connectivity index (χ1v) is 8.75. The van der Waals surface area contributed by atoms with E-state index in [1.54, 1.807) is 4.90 Å². The fourth-order valence-electron chi connectivity index (χ4n) is 3.60. The fourth-order valence-corrected chi connectivity index (χ4v) is 3.60. The number of hydrogen-bond acceptors (Lipinski definition) is 2. The molecule has 1 spiro atoms. The van der Waals surface area contributed by atoms with Crippen LogP contribution in [-0.4, -0.2) is 33.7 Å². The predicted octanol–water partition coefficient (Wildman–Crippen LogP) is 4.46. The summed E-state index contributed by atoms with van der Waals surface area (Å²) in [7, 11) is 0. The lowest BCUT2D eigenvalue weighted by Crippen LogP contribution is -2.39. The summed E-state index contributed by atoms with van der Waals surface area (Å²) in [5, 5.41) is 3.57. The van der Waals surface area contributed by atoms with Crippen LogP contribution in [0.4, 0.5) is 18.9 Å². The number of carbonyl (C=O) groups excluding carboxylic acids is 1. The Bertz CT molecular complexity index is 927. The Morgan fingerprint density at radius 3 is 2.41 bits per heavy atom. The van der Waals surface area contributed by atoms with E-state index in [1.807, 2.05) is 0 Å². The molecule has 2 aliphatic rings. The molecule has 2 fully saturated rings. The zero-order chi connectivity index (χ0) is 19.2. The summed E-state index contributed by atoms with van der Waals surface area (Å²) in [5.41, 5.74) is 0.0579. The molecule has 1 saturated carbocycles. The molecule has 0 unspecified atom stereocenters. The lowest BCUT2D eigenvalue weighted by Gasteiger charge is -2.32. The number of hydrogen-bond donors (Lipinski definition) is 0. The maximum Gasteiger partial charge on any atom is 0.435 e. The Morgan fingerprint density at radius 1 is 1.15 bits per heavy atom. The Kier molecular flexibility index (Phi) is 3.98. The standard InChI is InChI=1S/C19H17F3N4O/c1-23-13-2-3-14(17(27)25-10-7-18(5-6-18)8-11-25)15(12-13)26-9-4-16(24-26)19(20,21)22/h2-4,9,12H,5-8,10-11H2. The zero-order valence-electron chi connectivity index (χ0n) is 14.5. The monoisotopic (exact) mass is 374 g/mol. The van der Waals surface area contributed by atoms with Gasteiger partial charge in [0.1, 0.15) is 0 Å². The summed E-state index contributed by atoms with van der Waals surface area (Å²) in [6.07, 6.45) is 0.958. The van der Waals surface area contributed by atoms with E-state index in [0.717, 1.165) is 29.8 Å². The third-order valence-corrected chi connectivity index (χ3v) is 5.54. The molecule has 4 rings (SSSR count). The summed E-state index contributed by atoms with van der Waals surface area (Å²) < 4.78 is 39.7. The SMILES string of the molecule is [C-]#[N+]c1ccc(C(=O)N2CCC3(CC2)CC3)c(-n2ccc(C(F)(F)F)n2)c1. The molecule has 140 valence electrons. The van der Waals surface area contributed by atoms with Gasteiger partial charge in [0.15, 0.2) is 11.4 Å². The molecular weight excluding hydrogens is 357 g/mol. The molecule has 2 aromatic rings. The van der Waals surface area contributed by atoms with Gasteiger partial charge >= 0.3 is 6.18 Å². The normalized spacial score (nSPS) is 18.4. The van der Waals surface area contributed by atoms with Crippen LogP contribution in [0.2, 0.25) is 0 Å². The largest absolute Gasteiger partial charge is 0.435 e. The number of piperidine rings is 1. The first-order chi connectivity index (χ1) is 12.8. The molecular formula is C19H17F3N4O. The smallest absolute Gasteiger partial charge is 0.339 e. The Morgan fingerprint density at radius 2 is 1.85 bits per heavy atom. The second-order valence-electron chi connectivity index (χ2n) is 7.25. The van der Waals surface area contributed by atoms with Crippen molar-refractivity contribution >= 4 is 11.6 Å². The highest BCUT2D eigenvalue weighted by Gasteiger charge is 2.45. The minimum Gasteiger partial charge on any atom is -0.339 e. The molecule has 1 aliphatic heterocycles. The molecule has 1 aliphatic carbocycles. The average Bonchev–Trinajstić information content (AvgIpc) is 3.20. The Labute approximate surface area is 154 Å². The molecule has 1 saturated heterocycles.